The van der Waals surface area contributed by atoms with Crippen LogP contribution in [0.4, 0.5) is 0 Å². The Hall–Kier alpha value is -1.46. The minimum atomic E-state index is -3.40. The molecule has 0 radical (unpaired) electrons. The van der Waals surface area contributed by atoms with Crippen LogP contribution in [-0.2, 0) is 15.8 Å². The second-order valence-corrected chi connectivity index (χ2v) is 7.91. The van der Waals surface area contributed by atoms with Gasteiger partial charge in [0.1, 0.15) is 0 Å². The summed E-state index contributed by atoms with van der Waals surface area (Å²) in [4.78, 5) is 4.58. The van der Waals surface area contributed by atoms with Crippen molar-refractivity contribution in [2.24, 2.45) is 0 Å². The first-order chi connectivity index (χ1) is 10.9. The van der Waals surface area contributed by atoms with E-state index in [-0.39, 0.29) is 11.8 Å². The lowest BCUT2D eigenvalue weighted by Crippen LogP contribution is -2.51. The minimum Gasteiger partial charge on any atom is -0.304 e. The molecule has 1 aromatic rings. The Morgan fingerprint density at radius 2 is 2.00 bits per heavy atom. The molecule has 0 amide bonds. The van der Waals surface area contributed by atoms with Crippen LogP contribution in [0.3, 0.4) is 0 Å². The Balaban J connectivity index is 1.87. The lowest BCUT2D eigenvalue weighted by molar-refractivity contribution is 0.120. The zero-order valence-corrected chi connectivity index (χ0v) is 14.5. The van der Waals surface area contributed by atoms with Crippen molar-refractivity contribution in [1.29, 1.82) is 5.26 Å². The average molecular weight is 336 g/mol. The molecule has 0 aromatic heterocycles. The minimum absolute atomic E-state index is 0.0992. The van der Waals surface area contributed by atoms with Crippen LogP contribution in [0.15, 0.2) is 24.3 Å². The Kier molecular flexibility index (Phi) is 6.13. The molecule has 126 valence electrons. The van der Waals surface area contributed by atoms with Gasteiger partial charge in [0.15, 0.2) is 0 Å². The molecular weight excluding hydrogens is 312 g/mol. The summed E-state index contributed by atoms with van der Waals surface area (Å²) >= 11 is 0. The first-order valence-corrected chi connectivity index (χ1v) is 9.44. The van der Waals surface area contributed by atoms with Crippen LogP contribution in [0.2, 0.25) is 0 Å². The van der Waals surface area contributed by atoms with Gasteiger partial charge in [0.25, 0.3) is 0 Å². The van der Waals surface area contributed by atoms with Crippen molar-refractivity contribution in [3.05, 3.63) is 35.4 Å². The number of rotatable bonds is 6. The largest absolute Gasteiger partial charge is 0.304 e. The number of benzene rings is 1. The van der Waals surface area contributed by atoms with Crippen LogP contribution >= 0.6 is 0 Å². The summed E-state index contributed by atoms with van der Waals surface area (Å²) in [5.74, 6) is -0.0992. The van der Waals surface area contributed by atoms with Gasteiger partial charge in [-0.05, 0) is 31.7 Å². The molecule has 1 aliphatic rings. The van der Waals surface area contributed by atoms with Crippen molar-refractivity contribution in [2.75, 3.05) is 39.8 Å². The predicted molar refractivity (Wildman–Crippen MR) is 90.3 cm³/mol. The third kappa shape index (κ3) is 5.59. The summed E-state index contributed by atoms with van der Waals surface area (Å²) in [6.45, 7) is 6.40. The molecule has 23 heavy (non-hydrogen) atoms. The van der Waals surface area contributed by atoms with Crippen LogP contribution in [0.5, 0.6) is 0 Å². The SMILES string of the molecule is C[C@@H](CNS(=O)(=O)Cc1cccc(C#N)c1)N1CCN(C)CC1. The molecule has 1 saturated heterocycles. The Morgan fingerprint density at radius 1 is 1.30 bits per heavy atom. The zero-order chi connectivity index (χ0) is 16.9. The maximum absolute atomic E-state index is 12.2. The van der Waals surface area contributed by atoms with Crippen LogP contribution in [-0.4, -0.2) is 64.0 Å². The third-order valence-corrected chi connectivity index (χ3v) is 5.49. The van der Waals surface area contributed by atoms with Gasteiger partial charge in [-0.15, -0.1) is 0 Å². The van der Waals surface area contributed by atoms with Gasteiger partial charge in [-0.3, -0.25) is 4.90 Å². The number of sulfonamides is 1. The van der Waals surface area contributed by atoms with E-state index in [9.17, 15) is 8.42 Å². The van der Waals surface area contributed by atoms with Gasteiger partial charge >= 0.3 is 0 Å². The number of piperazine rings is 1. The molecule has 0 spiro atoms. The van der Waals surface area contributed by atoms with Gasteiger partial charge in [0, 0.05) is 38.8 Å². The van der Waals surface area contributed by atoms with Gasteiger partial charge in [-0.25, -0.2) is 13.1 Å². The number of hydrogen-bond acceptors (Lipinski definition) is 5. The molecule has 1 fully saturated rings. The molecule has 1 aliphatic heterocycles. The number of hydrogen-bond donors (Lipinski definition) is 1. The standard InChI is InChI=1S/C16H24N4O2S/c1-14(20-8-6-19(2)7-9-20)12-18-23(21,22)13-16-5-3-4-15(10-16)11-17/h3-5,10,14,18H,6-9,12-13H2,1-2H3/t14-/m0/s1. The van der Waals surface area contributed by atoms with E-state index in [1.165, 1.54) is 0 Å². The van der Waals surface area contributed by atoms with E-state index in [2.05, 4.69) is 21.6 Å². The number of nitriles is 1. The fourth-order valence-electron chi connectivity index (χ4n) is 2.64. The highest BCUT2D eigenvalue weighted by Crippen LogP contribution is 2.09. The molecule has 0 bridgehead atoms. The van der Waals surface area contributed by atoms with Crippen molar-refractivity contribution in [3.8, 4) is 6.07 Å². The molecule has 7 heteroatoms. The van der Waals surface area contributed by atoms with E-state index in [4.69, 9.17) is 5.26 Å². The zero-order valence-electron chi connectivity index (χ0n) is 13.7. The van der Waals surface area contributed by atoms with E-state index in [1.807, 2.05) is 13.0 Å². The normalized spacial score (nSPS) is 18.5. The number of nitrogens with one attached hydrogen (secondary N) is 1. The average Bonchev–Trinajstić information content (AvgIpc) is 2.53. The van der Waals surface area contributed by atoms with Crippen LogP contribution in [0.1, 0.15) is 18.1 Å². The first-order valence-electron chi connectivity index (χ1n) is 7.78. The molecule has 0 saturated carbocycles. The van der Waals surface area contributed by atoms with Gasteiger partial charge in [-0.1, -0.05) is 12.1 Å². The van der Waals surface area contributed by atoms with Gasteiger partial charge in [0.05, 0.1) is 17.4 Å². The van der Waals surface area contributed by atoms with Crippen LogP contribution in [0.25, 0.3) is 0 Å². The Bertz CT molecular complexity index is 661. The van der Waals surface area contributed by atoms with Gasteiger partial charge in [-0.2, -0.15) is 5.26 Å². The molecule has 1 N–H and O–H groups in total. The molecule has 0 aliphatic carbocycles. The topological polar surface area (TPSA) is 76.4 Å². The first kappa shape index (κ1) is 17.9. The van der Waals surface area contributed by atoms with Gasteiger partial charge in [0.2, 0.25) is 10.0 Å². The second kappa shape index (κ2) is 7.88. The fourth-order valence-corrected chi connectivity index (χ4v) is 3.86. The molecule has 2 rings (SSSR count). The second-order valence-electron chi connectivity index (χ2n) is 6.11. The maximum Gasteiger partial charge on any atom is 0.215 e. The number of likely N-dealkylation sites (N-methyl/N-ethyl adjacent to an activating group) is 1. The van der Waals surface area contributed by atoms with E-state index in [0.29, 0.717) is 17.7 Å². The van der Waals surface area contributed by atoms with Crippen molar-refractivity contribution in [2.45, 2.75) is 18.7 Å². The fraction of sp³-hybridized carbons (Fsp3) is 0.562. The lowest BCUT2D eigenvalue weighted by atomic mass is 10.2. The molecule has 1 heterocycles. The Morgan fingerprint density at radius 3 is 2.65 bits per heavy atom. The summed E-state index contributed by atoms with van der Waals surface area (Å²) in [6, 6.07) is 8.91. The van der Waals surface area contributed by atoms with Crippen molar-refractivity contribution in [1.82, 2.24) is 14.5 Å². The highest BCUT2D eigenvalue weighted by Gasteiger charge is 2.21. The summed E-state index contributed by atoms with van der Waals surface area (Å²) < 4.78 is 27.1. The van der Waals surface area contributed by atoms with Gasteiger partial charge < -0.3 is 4.90 Å². The van der Waals surface area contributed by atoms with Crippen molar-refractivity contribution in [3.63, 3.8) is 0 Å². The highest BCUT2D eigenvalue weighted by molar-refractivity contribution is 7.88. The summed E-state index contributed by atoms with van der Waals surface area (Å²) in [6.07, 6.45) is 0. The summed E-state index contributed by atoms with van der Waals surface area (Å²) in [5, 5.41) is 8.88. The Labute approximate surface area is 138 Å². The maximum atomic E-state index is 12.2. The molecule has 1 atom stereocenters. The van der Waals surface area contributed by atoms with Crippen LogP contribution < -0.4 is 4.72 Å². The van der Waals surface area contributed by atoms with Crippen molar-refractivity contribution < 1.29 is 8.42 Å². The van der Waals surface area contributed by atoms with E-state index >= 15 is 0 Å². The number of nitrogens with zero attached hydrogens (tertiary/aromatic N) is 3. The molecule has 1 aromatic carbocycles. The highest BCUT2D eigenvalue weighted by atomic mass is 32.2. The molecular formula is C16H24N4O2S. The monoisotopic (exact) mass is 336 g/mol. The quantitative estimate of drug-likeness (QED) is 0.824. The lowest BCUT2D eigenvalue weighted by Gasteiger charge is -2.36. The predicted octanol–water partition coefficient (Wildman–Crippen LogP) is 0.614. The van der Waals surface area contributed by atoms with E-state index in [1.54, 1.807) is 24.3 Å². The molecule has 0 unspecified atom stereocenters. The van der Waals surface area contributed by atoms with E-state index in [0.717, 1.165) is 26.2 Å². The third-order valence-electron chi connectivity index (χ3n) is 4.17. The van der Waals surface area contributed by atoms with E-state index < -0.39 is 10.0 Å². The van der Waals surface area contributed by atoms with Crippen molar-refractivity contribution >= 4 is 10.0 Å². The van der Waals surface area contributed by atoms with Crippen LogP contribution in [0, 0.1) is 11.3 Å². The smallest absolute Gasteiger partial charge is 0.215 e. The summed E-state index contributed by atoms with van der Waals surface area (Å²) in [5.41, 5.74) is 1.10. The summed E-state index contributed by atoms with van der Waals surface area (Å²) in [7, 11) is -1.30. The molecule has 6 nitrogen and oxygen atoms in total.